The van der Waals surface area contributed by atoms with Crippen LogP contribution in [0.15, 0.2) is 18.2 Å². The smallest absolute Gasteiger partial charge is 0.303 e. The number of Topliss-reactive ketones (excluding diaryl/α,β-unsaturated/α-hetero) is 1. The van der Waals surface area contributed by atoms with E-state index in [1.165, 1.54) is 0 Å². The van der Waals surface area contributed by atoms with Gasteiger partial charge < -0.3 is 5.11 Å². The van der Waals surface area contributed by atoms with Crippen LogP contribution in [0.2, 0.25) is 5.02 Å². The van der Waals surface area contributed by atoms with Gasteiger partial charge in [-0.05, 0) is 37.0 Å². The summed E-state index contributed by atoms with van der Waals surface area (Å²) in [6.07, 6.45) is 3.12. The standard InChI is InChI=1S/C14H15ClO3/c15-11-6-5-9-7-10(14(18)12(9)8-11)3-1-2-4-13(16)17/h5-6,8,10H,1-4,7H2,(H,16,17). The molecule has 96 valence electrons. The second-order valence-corrected chi connectivity index (χ2v) is 5.14. The van der Waals surface area contributed by atoms with Gasteiger partial charge in [0.25, 0.3) is 0 Å². The second-order valence-electron chi connectivity index (χ2n) is 4.71. The summed E-state index contributed by atoms with van der Waals surface area (Å²) in [7, 11) is 0. The van der Waals surface area contributed by atoms with Gasteiger partial charge in [0.15, 0.2) is 5.78 Å². The maximum Gasteiger partial charge on any atom is 0.303 e. The fourth-order valence-corrected chi connectivity index (χ4v) is 2.61. The van der Waals surface area contributed by atoms with Crippen LogP contribution < -0.4 is 0 Å². The molecule has 0 heterocycles. The van der Waals surface area contributed by atoms with Gasteiger partial charge in [-0.3, -0.25) is 9.59 Å². The average Bonchev–Trinajstić information content (AvgIpc) is 2.62. The number of aliphatic carboxylic acids is 1. The maximum absolute atomic E-state index is 12.1. The first-order valence-corrected chi connectivity index (χ1v) is 6.50. The Labute approximate surface area is 111 Å². The SMILES string of the molecule is O=C(O)CCCCC1Cc2ccc(Cl)cc2C1=O. The molecule has 4 heteroatoms. The molecular formula is C14H15ClO3. The first-order valence-electron chi connectivity index (χ1n) is 6.12. The molecule has 0 spiro atoms. The Hall–Kier alpha value is -1.35. The molecule has 0 aliphatic heterocycles. The molecule has 0 amide bonds. The summed E-state index contributed by atoms with van der Waals surface area (Å²) in [4.78, 5) is 22.5. The molecule has 1 aliphatic carbocycles. The van der Waals surface area contributed by atoms with Crippen molar-refractivity contribution < 1.29 is 14.7 Å². The van der Waals surface area contributed by atoms with Crippen molar-refractivity contribution in [1.29, 1.82) is 0 Å². The third-order valence-electron chi connectivity index (χ3n) is 3.37. The van der Waals surface area contributed by atoms with Crippen LogP contribution in [0.4, 0.5) is 0 Å². The number of rotatable bonds is 5. The number of carbonyl (C=O) groups is 2. The van der Waals surface area contributed by atoms with Crippen LogP contribution >= 0.6 is 11.6 Å². The van der Waals surface area contributed by atoms with Crippen LogP contribution in [0.5, 0.6) is 0 Å². The van der Waals surface area contributed by atoms with Crippen LogP contribution in [0.3, 0.4) is 0 Å². The molecule has 1 unspecified atom stereocenters. The summed E-state index contributed by atoms with van der Waals surface area (Å²) < 4.78 is 0. The lowest BCUT2D eigenvalue weighted by Gasteiger charge is -2.06. The highest BCUT2D eigenvalue weighted by molar-refractivity contribution is 6.31. The van der Waals surface area contributed by atoms with Crippen LogP contribution in [0, 0.1) is 5.92 Å². The fraction of sp³-hybridized carbons (Fsp3) is 0.429. The summed E-state index contributed by atoms with van der Waals surface area (Å²) >= 11 is 5.88. The van der Waals surface area contributed by atoms with Gasteiger partial charge in [-0.25, -0.2) is 0 Å². The van der Waals surface area contributed by atoms with Gasteiger partial charge in [-0.15, -0.1) is 0 Å². The van der Waals surface area contributed by atoms with E-state index in [4.69, 9.17) is 16.7 Å². The molecular weight excluding hydrogens is 252 g/mol. The zero-order chi connectivity index (χ0) is 13.1. The largest absolute Gasteiger partial charge is 0.481 e. The molecule has 0 radical (unpaired) electrons. The van der Waals surface area contributed by atoms with Crippen LogP contribution in [0.1, 0.15) is 41.6 Å². The summed E-state index contributed by atoms with van der Waals surface area (Å²) in [6, 6.07) is 5.45. The van der Waals surface area contributed by atoms with E-state index in [1.54, 1.807) is 12.1 Å². The Morgan fingerprint density at radius 2 is 2.17 bits per heavy atom. The van der Waals surface area contributed by atoms with E-state index in [9.17, 15) is 9.59 Å². The molecule has 1 aromatic rings. The molecule has 2 rings (SSSR count). The number of carbonyl (C=O) groups excluding carboxylic acids is 1. The minimum Gasteiger partial charge on any atom is -0.481 e. The normalized spacial score (nSPS) is 17.8. The molecule has 0 bridgehead atoms. The number of hydrogen-bond donors (Lipinski definition) is 1. The molecule has 0 saturated carbocycles. The zero-order valence-electron chi connectivity index (χ0n) is 9.99. The predicted molar refractivity (Wildman–Crippen MR) is 69.1 cm³/mol. The first-order chi connectivity index (χ1) is 8.58. The first kappa shape index (κ1) is 13.1. The predicted octanol–water partition coefficient (Wildman–Crippen LogP) is 3.34. The van der Waals surface area contributed by atoms with Gasteiger partial charge in [0.2, 0.25) is 0 Å². The van der Waals surface area contributed by atoms with E-state index in [-0.39, 0.29) is 18.1 Å². The number of unbranched alkanes of at least 4 members (excludes halogenated alkanes) is 1. The molecule has 1 N–H and O–H groups in total. The third-order valence-corrected chi connectivity index (χ3v) is 3.60. The van der Waals surface area contributed by atoms with E-state index in [1.807, 2.05) is 6.07 Å². The third kappa shape index (κ3) is 2.91. The number of benzene rings is 1. The van der Waals surface area contributed by atoms with Crippen molar-refractivity contribution in [2.24, 2.45) is 5.92 Å². The number of ketones is 1. The Kier molecular flexibility index (Phi) is 4.02. The Morgan fingerprint density at radius 1 is 1.39 bits per heavy atom. The molecule has 0 aromatic heterocycles. The molecule has 1 aliphatic rings. The number of fused-ring (bicyclic) bond motifs is 1. The van der Waals surface area contributed by atoms with E-state index >= 15 is 0 Å². The quantitative estimate of drug-likeness (QED) is 0.832. The number of carboxylic acids is 1. The highest BCUT2D eigenvalue weighted by Crippen LogP contribution is 2.31. The molecule has 1 atom stereocenters. The minimum atomic E-state index is -0.775. The molecule has 0 fully saturated rings. The van der Waals surface area contributed by atoms with Gasteiger partial charge in [0, 0.05) is 22.9 Å². The van der Waals surface area contributed by atoms with E-state index in [0.29, 0.717) is 11.4 Å². The Bertz CT molecular complexity index is 482. The number of halogens is 1. The number of hydrogen-bond acceptors (Lipinski definition) is 2. The fourth-order valence-electron chi connectivity index (χ4n) is 2.43. The summed E-state index contributed by atoms with van der Waals surface area (Å²) in [5, 5.41) is 9.14. The van der Waals surface area contributed by atoms with Crippen LogP contribution in [-0.4, -0.2) is 16.9 Å². The van der Waals surface area contributed by atoms with Crippen molar-refractivity contribution in [2.75, 3.05) is 0 Å². The van der Waals surface area contributed by atoms with Gasteiger partial charge in [-0.2, -0.15) is 0 Å². The van der Waals surface area contributed by atoms with Crippen molar-refractivity contribution in [1.82, 2.24) is 0 Å². The minimum absolute atomic E-state index is 0.00672. The molecule has 1 aromatic carbocycles. The topological polar surface area (TPSA) is 54.4 Å². The Balaban J connectivity index is 1.91. The highest BCUT2D eigenvalue weighted by Gasteiger charge is 2.29. The average molecular weight is 267 g/mol. The van der Waals surface area contributed by atoms with Gasteiger partial charge in [-0.1, -0.05) is 24.1 Å². The lowest BCUT2D eigenvalue weighted by molar-refractivity contribution is -0.137. The van der Waals surface area contributed by atoms with Gasteiger partial charge >= 0.3 is 5.97 Å². The van der Waals surface area contributed by atoms with Crippen molar-refractivity contribution >= 4 is 23.4 Å². The highest BCUT2D eigenvalue weighted by atomic mass is 35.5. The molecule has 18 heavy (non-hydrogen) atoms. The van der Waals surface area contributed by atoms with Gasteiger partial charge in [0.05, 0.1) is 0 Å². The maximum atomic E-state index is 12.1. The van der Waals surface area contributed by atoms with Crippen molar-refractivity contribution in [3.63, 3.8) is 0 Å². The lowest BCUT2D eigenvalue weighted by atomic mass is 9.97. The van der Waals surface area contributed by atoms with Gasteiger partial charge in [0.1, 0.15) is 0 Å². The zero-order valence-corrected chi connectivity index (χ0v) is 10.7. The van der Waals surface area contributed by atoms with E-state index in [0.717, 1.165) is 30.4 Å². The summed E-state index contributed by atoms with van der Waals surface area (Å²) in [5.41, 5.74) is 1.80. The summed E-state index contributed by atoms with van der Waals surface area (Å²) in [5.74, 6) is -0.613. The number of carboxylic acid groups (broad SMARTS) is 1. The Morgan fingerprint density at radius 3 is 2.89 bits per heavy atom. The van der Waals surface area contributed by atoms with Crippen molar-refractivity contribution in [3.05, 3.63) is 34.3 Å². The monoisotopic (exact) mass is 266 g/mol. The van der Waals surface area contributed by atoms with E-state index in [2.05, 4.69) is 0 Å². The van der Waals surface area contributed by atoms with Crippen molar-refractivity contribution in [2.45, 2.75) is 32.1 Å². The lowest BCUT2D eigenvalue weighted by Crippen LogP contribution is -2.09. The molecule has 0 saturated heterocycles. The second kappa shape index (κ2) is 5.53. The summed E-state index contributed by atoms with van der Waals surface area (Å²) in [6.45, 7) is 0. The van der Waals surface area contributed by atoms with Crippen molar-refractivity contribution in [3.8, 4) is 0 Å². The van der Waals surface area contributed by atoms with E-state index < -0.39 is 5.97 Å². The molecule has 3 nitrogen and oxygen atoms in total. The van der Waals surface area contributed by atoms with Crippen LogP contribution in [0.25, 0.3) is 0 Å². The van der Waals surface area contributed by atoms with Crippen LogP contribution in [-0.2, 0) is 11.2 Å².